The molecule has 142 valence electrons. The molecule has 0 fully saturated rings. The van der Waals surface area contributed by atoms with Crippen LogP contribution >= 0.6 is 23.2 Å². The SMILES string of the molecule is Cc1cc2n(c(=O)c1C(=O)Nc1ccc(Cl)cc1)CCN2c1ccc(Cl)cc1. The van der Waals surface area contributed by atoms with Crippen LogP contribution in [0.15, 0.2) is 59.4 Å². The van der Waals surface area contributed by atoms with Gasteiger partial charge in [-0.3, -0.25) is 14.2 Å². The van der Waals surface area contributed by atoms with Crippen LogP contribution in [0, 0.1) is 6.92 Å². The number of hydrogen-bond donors (Lipinski definition) is 1. The predicted molar refractivity (Wildman–Crippen MR) is 113 cm³/mol. The molecule has 1 amide bonds. The highest BCUT2D eigenvalue weighted by atomic mass is 35.5. The standard InChI is InChI=1S/C21H17Cl2N3O2/c1-13-12-18-25(17-8-4-15(23)5-9-17)10-11-26(18)21(28)19(13)20(27)24-16-6-2-14(22)3-7-16/h2-9,12H,10-11H2,1H3,(H,24,27). The minimum absolute atomic E-state index is 0.150. The molecule has 5 nitrogen and oxygen atoms in total. The Morgan fingerprint density at radius 3 is 2.21 bits per heavy atom. The first kappa shape index (κ1) is 18.6. The van der Waals surface area contributed by atoms with E-state index in [2.05, 4.69) is 5.32 Å². The summed E-state index contributed by atoms with van der Waals surface area (Å²) in [6.07, 6.45) is 0. The number of rotatable bonds is 3. The van der Waals surface area contributed by atoms with E-state index >= 15 is 0 Å². The van der Waals surface area contributed by atoms with Crippen molar-refractivity contribution in [1.29, 1.82) is 0 Å². The van der Waals surface area contributed by atoms with Crippen molar-refractivity contribution in [2.45, 2.75) is 13.5 Å². The Morgan fingerprint density at radius 2 is 1.57 bits per heavy atom. The second kappa shape index (κ2) is 7.34. The van der Waals surface area contributed by atoms with Gasteiger partial charge in [-0.2, -0.15) is 0 Å². The molecular weight excluding hydrogens is 397 g/mol. The number of carbonyl (C=O) groups excluding carboxylic acids is 1. The molecule has 0 saturated heterocycles. The zero-order chi connectivity index (χ0) is 19.8. The minimum atomic E-state index is -0.426. The van der Waals surface area contributed by atoms with Crippen molar-refractivity contribution < 1.29 is 4.79 Å². The molecule has 0 radical (unpaired) electrons. The van der Waals surface area contributed by atoms with Gasteiger partial charge >= 0.3 is 0 Å². The number of nitrogens with one attached hydrogen (secondary N) is 1. The Balaban J connectivity index is 1.68. The second-order valence-corrected chi connectivity index (χ2v) is 7.48. The molecule has 0 saturated carbocycles. The predicted octanol–water partition coefficient (Wildman–Crippen LogP) is 4.87. The van der Waals surface area contributed by atoms with E-state index in [1.807, 2.05) is 35.2 Å². The number of fused-ring (bicyclic) bond motifs is 1. The summed E-state index contributed by atoms with van der Waals surface area (Å²) in [5.41, 5.74) is 2.02. The maximum absolute atomic E-state index is 13.0. The van der Waals surface area contributed by atoms with E-state index in [-0.39, 0.29) is 11.1 Å². The minimum Gasteiger partial charge on any atom is -0.326 e. The summed E-state index contributed by atoms with van der Waals surface area (Å²) in [6, 6.07) is 16.1. The van der Waals surface area contributed by atoms with E-state index in [0.29, 0.717) is 34.4 Å². The lowest BCUT2D eigenvalue weighted by Crippen LogP contribution is -2.29. The Bertz CT molecular complexity index is 1110. The van der Waals surface area contributed by atoms with Gasteiger partial charge in [-0.25, -0.2) is 0 Å². The molecule has 1 N–H and O–H groups in total. The van der Waals surface area contributed by atoms with Gasteiger partial charge in [0.25, 0.3) is 11.5 Å². The molecule has 1 aliphatic heterocycles. The Kier molecular flexibility index (Phi) is 4.87. The van der Waals surface area contributed by atoms with Gasteiger partial charge in [0.05, 0.1) is 0 Å². The van der Waals surface area contributed by atoms with Crippen LogP contribution in [0.25, 0.3) is 0 Å². The number of aromatic nitrogens is 1. The lowest BCUT2D eigenvalue weighted by atomic mass is 10.1. The van der Waals surface area contributed by atoms with Gasteiger partial charge in [-0.1, -0.05) is 23.2 Å². The number of aryl methyl sites for hydroxylation is 1. The van der Waals surface area contributed by atoms with Gasteiger partial charge in [0.15, 0.2) is 0 Å². The average Bonchev–Trinajstić information content (AvgIpc) is 3.08. The third kappa shape index (κ3) is 3.39. The fourth-order valence-electron chi connectivity index (χ4n) is 3.39. The first-order valence-corrected chi connectivity index (χ1v) is 9.54. The molecule has 0 unspecified atom stereocenters. The van der Waals surface area contributed by atoms with Crippen molar-refractivity contribution in [1.82, 2.24) is 4.57 Å². The van der Waals surface area contributed by atoms with Crippen molar-refractivity contribution in [3.8, 4) is 0 Å². The van der Waals surface area contributed by atoms with Crippen molar-refractivity contribution in [3.63, 3.8) is 0 Å². The molecule has 3 aromatic rings. The molecule has 1 aromatic heterocycles. The van der Waals surface area contributed by atoms with E-state index in [4.69, 9.17) is 23.2 Å². The Labute approximate surface area is 172 Å². The maximum atomic E-state index is 13.0. The molecule has 0 aliphatic carbocycles. The largest absolute Gasteiger partial charge is 0.326 e. The van der Waals surface area contributed by atoms with Crippen LogP contribution in [0.3, 0.4) is 0 Å². The highest BCUT2D eigenvalue weighted by Crippen LogP contribution is 2.31. The fraction of sp³-hybridized carbons (Fsp3) is 0.143. The molecule has 28 heavy (non-hydrogen) atoms. The summed E-state index contributed by atoms with van der Waals surface area (Å²) in [6.45, 7) is 2.94. The van der Waals surface area contributed by atoms with Gasteiger partial charge in [0.2, 0.25) is 0 Å². The van der Waals surface area contributed by atoms with Gasteiger partial charge in [0, 0.05) is 34.5 Å². The Morgan fingerprint density at radius 1 is 0.964 bits per heavy atom. The number of hydrogen-bond acceptors (Lipinski definition) is 3. The summed E-state index contributed by atoms with van der Waals surface area (Å²) < 4.78 is 1.64. The molecule has 7 heteroatoms. The summed E-state index contributed by atoms with van der Waals surface area (Å²) in [5, 5.41) is 4.00. The molecular formula is C21H17Cl2N3O2. The van der Waals surface area contributed by atoms with E-state index < -0.39 is 5.91 Å². The monoisotopic (exact) mass is 413 g/mol. The number of amides is 1. The van der Waals surface area contributed by atoms with Crippen LogP contribution < -0.4 is 15.8 Å². The maximum Gasteiger partial charge on any atom is 0.265 e. The van der Waals surface area contributed by atoms with Crippen LogP contribution in [0.1, 0.15) is 15.9 Å². The zero-order valence-electron chi connectivity index (χ0n) is 15.1. The molecule has 2 aromatic carbocycles. The fourth-order valence-corrected chi connectivity index (χ4v) is 3.64. The van der Waals surface area contributed by atoms with E-state index in [1.54, 1.807) is 35.8 Å². The van der Waals surface area contributed by atoms with Gasteiger partial charge in [-0.05, 0) is 67.1 Å². The summed E-state index contributed by atoms with van der Waals surface area (Å²) >= 11 is 11.8. The quantitative estimate of drug-likeness (QED) is 0.666. The molecule has 1 aliphatic rings. The summed E-state index contributed by atoms with van der Waals surface area (Å²) in [5.74, 6) is 0.345. The lowest BCUT2D eigenvalue weighted by molar-refractivity contribution is 0.102. The zero-order valence-corrected chi connectivity index (χ0v) is 16.6. The second-order valence-electron chi connectivity index (χ2n) is 6.61. The highest BCUT2D eigenvalue weighted by Gasteiger charge is 2.26. The van der Waals surface area contributed by atoms with E-state index in [1.165, 1.54) is 0 Å². The van der Waals surface area contributed by atoms with Crippen LogP contribution in [0.5, 0.6) is 0 Å². The summed E-state index contributed by atoms with van der Waals surface area (Å²) in [7, 11) is 0. The van der Waals surface area contributed by atoms with Crippen LogP contribution in [-0.2, 0) is 6.54 Å². The number of pyridine rings is 1. The third-order valence-electron chi connectivity index (χ3n) is 4.77. The van der Waals surface area contributed by atoms with Crippen molar-refractivity contribution in [2.75, 3.05) is 16.8 Å². The first-order valence-electron chi connectivity index (χ1n) is 8.78. The smallest absolute Gasteiger partial charge is 0.265 e. The molecule has 0 atom stereocenters. The topological polar surface area (TPSA) is 54.3 Å². The number of nitrogens with zero attached hydrogens (tertiary/aromatic N) is 2. The Hall–Kier alpha value is -2.76. The molecule has 0 spiro atoms. The van der Waals surface area contributed by atoms with Crippen molar-refractivity contribution in [2.24, 2.45) is 0 Å². The van der Waals surface area contributed by atoms with Gasteiger partial charge in [0.1, 0.15) is 11.4 Å². The van der Waals surface area contributed by atoms with E-state index in [9.17, 15) is 9.59 Å². The van der Waals surface area contributed by atoms with Crippen LogP contribution in [0.4, 0.5) is 17.2 Å². The summed E-state index contributed by atoms with van der Waals surface area (Å²) in [4.78, 5) is 27.8. The normalized spacial score (nSPS) is 12.8. The number of anilines is 3. The third-order valence-corrected chi connectivity index (χ3v) is 5.27. The van der Waals surface area contributed by atoms with Crippen LogP contribution in [-0.4, -0.2) is 17.0 Å². The lowest BCUT2D eigenvalue weighted by Gasteiger charge is -2.19. The molecule has 4 rings (SSSR count). The number of halogens is 2. The molecule has 2 heterocycles. The van der Waals surface area contributed by atoms with Crippen LogP contribution in [0.2, 0.25) is 10.0 Å². The van der Waals surface area contributed by atoms with Crippen molar-refractivity contribution in [3.05, 3.63) is 86.1 Å². The average molecular weight is 414 g/mol. The highest BCUT2D eigenvalue weighted by molar-refractivity contribution is 6.31. The first-order chi connectivity index (χ1) is 13.4. The van der Waals surface area contributed by atoms with Gasteiger partial charge < -0.3 is 10.2 Å². The molecule has 0 bridgehead atoms. The van der Waals surface area contributed by atoms with E-state index in [0.717, 1.165) is 11.5 Å². The number of carbonyl (C=O) groups is 1. The van der Waals surface area contributed by atoms with Crippen molar-refractivity contribution >= 4 is 46.3 Å². The van der Waals surface area contributed by atoms with Gasteiger partial charge in [-0.15, -0.1) is 0 Å². The number of benzene rings is 2.